The molecule has 0 saturated carbocycles. The predicted molar refractivity (Wildman–Crippen MR) is 151 cm³/mol. The van der Waals surface area contributed by atoms with E-state index in [-0.39, 0.29) is 23.3 Å². The lowest BCUT2D eigenvalue weighted by Gasteiger charge is -2.38. The van der Waals surface area contributed by atoms with Gasteiger partial charge in [0.25, 0.3) is 0 Å². The Balaban J connectivity index is 1.39. The number of methoxy groups -OCH3 is 1. The highest BCUT2D eigenvalue weighted by atomic mass is 35.5. The molecule has 0 aliphatic carbocycles. The van der Waals surface area contributed by atoms with E-state index in [4.69, 9.17) is 16.3 Å². The molecule has 1 aromatic heterocycles. The molecule has 1 aliphatic rings. The molecule has 0 bridgehead atoms. The number of aliphatic hydroxyl groups excluding tert-OH is 1. The van der Waals surface area contributed by atoms with Gasteiger partial charge < -0.3 is 14.9 Å². The number of ether oxygens (including phenoxy) is 1. The van der Waals surface area contributed by atoms with Gasteiger partial charge in [-0.15, -0.1) is 0 Å². The van der Waals surface area contributed by atoms with Gasteiger partial charge in [0.2, 0.25) is 0 Å². The number of piperidine rings is 1. The molecule has 0 amide bonds. The van der Waals surface area contributed by atoms with Gasteiger partial charge in [0.1, 0.15) is 5.75 Å². The molecule has 41 heavy (non-hydrogen) atoms. The van der Waals surface area contributed by atoms with Gasteiger partial charge in [-0.2, -0.15) is 13.2 Å². The molecule has 218 valence electrons. The van der Waals surface area contributed by atoms with Crippen molar-refractivity contribution in [1.82, 2.24) is 9.88 Å². The van der Waals surface area contributed by atoms with Crippen molar-refractivity contribution in [2.24, 2.45) is 11.8 Å². The monoisotopic (exact) mass is 588 g/mol. The second-order valence-corrected chi connectivity index (χ2v) is 10.8. The summed E-state index contributed by atoms with van der Waals surface area (Å²) in [4.78, 5) is 17.8. The van der Waals surface area contributed by atoms with Gasteiger partial charge >= 0.3 is 12.1 Å². The van der Waals surface area contributed by atoms with Crippen molar-refractivity contribution in [1.29, 1.82) is 0 Å². The molecule has 2 N–H and O–H groups in total. The van der Waals surface area contributed by atoms with Crippen molar-refractivity contribution in [3.05, 3.63) is 70.4 Å². The van der Waals surface area contributed by atoms with Crippen molar-refractivity contribution in [2.75, 3.05) is 26.7 Å². The molecule has 0 unspecified atom stereocenters. The zero-order chi connectivity index (χ0) is 29.6. The van der Waals surface area contributed by atoms with Crippen LogP contribution in [0, 0.1) is 23.7 Å². The van der Waals surface area contributed by atoms with Crippen molar-refractivity contribution >= 4 is 28.5 Å². The van der Waals surface area contributed by atoms with Crippen LogP contribution in [0.3, 0.4) is 0 Å². The Morgan fingerprint density at radius 2 is 2.00 bits per heavy atom. The second kappa shape index (κ2) is 13.6. The SMILES string of the molecule is COc1ccc2nccc([C@H](O)CC[C@@H]3CCN(CC#Cc4ccc(C(F)(F)F)cc4Cl)C[C@H]3CCC(=O)O)c2c1. The molecule has 0 spiro atoms. The third-order valence-electron chi connectivity index (χ3n) is 7.68. The number of likely N-dealkylation sites (tertiary alicyclic amines) is 1. The summed E-state index contributed by atoms with van der Waals surface area (Å²) in [5.74, 6) is 6.05. The number of hydrogen-bond acceptors (Lipinski definition) is 5. The molecule has 3 atom stereocenters. The summed E-state index contributed by atoms with van der Waals surface area (Å²) in [6.45, 7) is 1.79. The number of nitrogens with zero attached hydrogens (tertiary/aromatic N) is 2. The highest BCUT2D eigenvalue weighted by Gasteiger charge is 2.31. The van der Waals surface area contributed by atoms with Crippen LogP contribution in [0.4, 0.5) is 13.2 Å². The molecule has 4 rings (SSSR count). The number of benzene rings is 2. The number of halogens is 4. The molecule has 2 aromatic carbocycles. The van der Waals surface area contributed by atoms with E-state index in [0.717, 1.165) is 48.0 Å². The van der Waals surface area contributed by atoms with Gasteiger partial charge in [-0.25, -0.2) is 0 Å². The summed E-state index contributed by atoms with van der Waals surface area (Å²) in [7, 11) is 1.59. The van der Waals surface area contributed by atoms with Crippen LogP contribution in [0.2, 0.25) is 5.02 Å². The molecule has 1 fully saturated rings. The number of carboxylic acids is 1. The first-order chi connectivity index (χ1) is 19.5. The largest absolute Gasteiger partial charge is 0.497 e. The lowest BCUT2D eigenvalue weighted by atomic mass is 9.79. The van der Waals surface area contributed by atoms with Crippen LogP contribution >= 0.6 is 11.6 Å². The smallest absolute Gasteiger partial charge is 0.416 e. The van der Waals surface area contributed by atoms with E-state index >= 15 is 0 Å². The minimum Gasteiger partial charge on any atom is -0.497 e. The lowest BCUT2D eigenvalue weighted by Crippen LogP contribution is -2.41. The number of alkyl halides is 3. The Hall–Kier alpha value is -3.32. The van der Waals surface area contributed by atoms with E-state index < -0.39 is 23.8 Å². The molecule has 10 heteroatoms. The number of aliphatic hydroxyl groups is 1. The summed E-state index contributed by atoms with van der Waals surface area (Å²) >= 11 is 6.02. The molecule has 1 saturated heterocycles. The van der Waals surface area contributed by atoms with Crippen molar-refractivity contribution in [3.63, 3.8) is 0 Å². The average molecular weight is 589 g/mol. The topological polar surface area (TPSA) is 82.9 Å². The fourth-order valence-electron chi connectivity index (χ4n) is 5.45. The quantitative estimate of drug-likeness (QED) is 0.275. The van der Waals surface area contributed by atoms with Crippen LogP contribution in [-0.2, 0) is 11.0 Å². The number of fused-ring (bicyclic) bond motifs is 1. The molecule has 3 aromatic rings. The molecule has 0 radical (unpaired) electrons. The maximum atomic E-state index is 12.9. The van der Waals surface area contributed by atoms with E-state index in [1.165, 1.54) is 6.07 Å². The van der Waals surface area contributed by atoms with Gasteiger partial charge in [0.15, 0.2) is 0 Å². The Morgan fingerprint density at radius 1 is 1.20 bits per heavy atom. The Bertz CT molecular complexity index is 1440. The van der Waals surface area contributed by atoms with E-state index in [2.05, 4.69) is 21.7 Å². The van der Waals surface area contributed by atoms with Gasteiger partial charge in [0.05, 0.1) is 35.9 Å². The van der Waals surface area contributed by atoms with E-state index in [0.29, 0.717) is 37.2 Å². The molecular formula is C31H32ClF3N2O4. The van der Waals surface area contributed by atoms with Crippen LogP contribution in [0.25, 0.3) is 10.9 Å². The van der Waals surface area contributed by atoms with Crippen molar-refractivity contribution < 1.29 is 32.9 Å². The highest BCUT2D eigenvalue weighted by molar-refractivity contribution is 6.31. The van der Waals surface area contributed by atoms with E-state index in [1.54, 1.807) is 13.3 Å². The average Bonchev–Trinajstić information content (AvgIpc) is 2.94. The minimum absolute atomic E-state index is 0.0515. The van der Waals surface area contributed by atoms with Crippen LogP contribution < -0.4 is 4.74 Å². The summed E-state index contributed by atoms with van der Waals surface area (Å²) in [5, 5.41) is 21.2. The van der Waals surface area contributed by atoms with Gasteiger partial charge in [-0.1, -0.05) is 23.4 Å². The standard InChI is InChI=1S/C31H32ClF3N2O4/c1-41-24-8-9-28-26(18-24)25(12-14-36-28)29(38)10-5-20-13-16-37(19-22(20)6-11-30(39)40)15-2-3-21-4-7-23(17-27(21)32)31(33,34)35/h4,7-9,12,14,17-18,20,22,29,38H,5-6,10-11,13,15-16,19H2,1H3,(H,39,40)/t20-,22-,29-/m1/s1. The normalized spacial score (nSPS) is 18.5. The number of pyridine rings is 1. The highest BCUT2D eigenvalue weighted by Crippen LogP contribution is 2.35. The number of aliphatic carboxylic acids is 1. The molecular weight excluding hydrogens is 557 g/mol. The fourth-order valence-corrected chi connectivity index (χ4v) is 5.67. The minimum atomic E-state index is -4.47. The fraction of sp³-hybridized carbons (Fsp3) is 0.419. The summed E-state index contributed by atoms with van der Waals surface area (Å²) in [5.41, 5.74) is 1.06. The Morgan fingerprint density at radius 3 is 2.71 bits per heavy atom. The summed E-state index contributed by atoms with van der Waals surface area (Å²) in [6.07, 6.45) is -0.841. The van der Waals surface area contributed by atoms with Crippen LogP contribution in [0.5, 0.6) is 5.75 Å². The first-order valence-electron chi connectivity index (χ1n) is 13.5. The molecule has 2 heterocycles. The third kappa shape index (κ3) is 8.13. The first-order valence-corrected chi connectivity index (χ1v) is 13.8. The van der Waals surface area contributed by atoms with Gasteiger partial charge in [0, 0.05) is 30.1 Å². The maximum Gasteiger partial charge on any atom is 0.416 e. The number of carbonyl (C=O) groups is 1. The Labute approximate surface area is 242 Å². The van der Waals surface area contributed by atoms with Gasteiger partial charge in [-0.05, 0) is 92.1 Å². The summed E-state index contributed by atoms with van der Waals surface area (Å²) < 4.78 is 44.0. The van der Waals surface area contributed by atoms with Crippen LogP contribution in [-0.4, -0.2) is 52.8 Å². The zero-order valence-corrected chi connectivity index (χ0v) is 23.4. The van der Waals surface area contributed by atoms with E-state index in [9.17, 15) is 28.2 Å². The molecule has 6 nitrogen and oxygen atoms in total. The molecule has 1 aliphatic heterocycles. The number of rotatable bonds is 9. The van der Waals surface area contributed by atoms with Crippen molar-refractivity contribution in [2.45, 2.75) is 44.4 Å². The lowest BCUT2D eigenvalue weighted by molar-refractivity contribution is -0.138. The Kier molecular flexibility index (Phi) is 10.1. The maximum absolute atomic E-state index is 12.9. The third-order valence-corrected chi connectivity index (χ3v) is 7.99. The van der Waals surface area contributed by atoms with Crippen LogP contribution in [0.1, 0.15) is 54.9 Å². The van der Waals surface area contributed by atoms with E-state index in [1.807, 2.05) is 24.3 Å². The second-order valence-electron chi connectivity index (χ2n) is 10.3. The summed E-state index contributed by atoms with van der Waals surface area (Å²) in [6, 6.07) is 10.5. The first kappa shape index (κ1) is 30.6. The van der Waals surface area contributed by atoms with Gasteiger partial charge in [-0.3, -0.25) is 14.7 Å². The number of carboxylic acid groups (broad SMARTS) is 1. The van der Waals surface area contributed by atoms with Crippen molar-refractivity contribution in [3.8, 4) is 17.6 Å². The van der Waals surface area contributed by atoms with Crippen LogP contribution in [0.15, 0.2) is 48.7 Å². The zero-order valence-electron chi connectivity index (χ0n) is 22.6. The number of aromatic nitrogens is 1. The number of hydrogen-bond donors (Lipinski definition) is 2. The predicted octanol–water partition coefficient (Wildman–Crippen LogP) is 6.58.